The van der Waals surface area contributed by atoms with Crippen molar-refractivity contribution in [3.63, 3.8) is 0 Å². The second-order valence-corrected chi connectivity index (χ2v) is 5.61. The summed E-state index contributed by atoms with van der Waals surface area (Å²) in [5.41, 5.74) is 1.79. The number of rotatable bonds is 6. The summed E-state index contributed by atoms with van der Waals surface area (Å²) in [5, 5.41) is 6.30. The van der Waals surface area contributed by atoms with E-state index in [-0.39, 0.29) is 18.1 Å². The molecule has 0 aliphatic carbocycles. The molecular weight excluding hydrogens is 323 g/mol. The number of aromatic nitrogens is 4. The van der Waals surface area contributed by atoms with E-state index in [2.05, 4.69) is 20.4 Å². The molecular formula is C15H20F3N5O. The van der Waals surface area contributed by atoms with Crippen LogP contribution >= 0.6 is 0 Å². The summed E-state index contributed by atoms with van der Waals surface area (Å²) in [6.07, 6.45) is -2.07. The summed E-state index contributed by atoms with van der Waals surface area (Å²) >= 11 is 0. The third kappa shape index (κ3) is 4.01. The van der Waals surface area contributed by atoms with Crippen molar-refractivity contribution < 1.29 is 18.0 Å². The molecule has 132 valence electrons. The molecule has 0 aliphatic rings. The Morgan fingerprint density at radius 2 is 1.96 bits per heavy atom. The molecule has 6 nitrogen and oxygen atoms in total. The maximum Gasteiger partial charge on any atom is 0.453 e. The number of nitrogens with one attached hydrogen (secondary N) is 1. The van der Waals surface area contributed by atoms with Crippen LogP contribution in [-0.4, -0.2) is 32.0 Å². The molecule has 0 fully saturated rings. The number of aryl methyl sites for hydroxylation is 2. The Kier molecular flexibility index (Phi) is 5.40. The van der Waals surface area contributed by atoms with E-state index in [9.17, 15) is 18.0 Å². The fourth-order valence-corrected chi connectivity index (χ4v) is 2.42. The van der Waals surface area contributed by atoms with Gasteiger partial charge in [0.25, 0.3) is 11.6 Å². The first-order chi connectivity index (χ1) is 11.2. The second kappa shape index (κ2) is 7.14. The summed E-state index contributed by atoms with van der Waals surface area (Å²) in [7, 11) is 0. The molecule has 0 saturated carbocycles. The summed E-state index contributed by atoms with van der Waals surface area (Å²) in [4.78, 5) is 19.3. The number of hydrogen-bond donors (Lipinski definition) is 1. The van der Waals surface area contributed by atoms with Crippen molar-refractivity contribution in [2.75, 3.05) is 6.54 Å². The molecule has 1 amide bonds. The van der Waals surface area contributed by atoms with Gasteiger partial charge in [-0.05, 0) is 32.3 Å². The number of unbranched alkanes of at least 4 members (excludes halogenated alkanes) is 1. The van der Waals surface area contributed by atoms with E-state index < -0.39 is 12.0 Å². The van der Waals surface area contributed by atoms with Crippen LogP contribution in [0.1, 0.15) is 49.0 Å². The van der Waals surface area contributed by atoms with Crippen LogP contribution < -0.4 is 5.32 Å². The first-order valence-electron chi connectivity index (χ1n) is 7.80. The van der Waals surface area contributed by atoms with E-state index >= 15 is 0 Å². The number of alkyl halides is 3. The van der Waals surface area contributed by atoms with Gasteiger partial charge in [0.2, 0.25) is 5.91 Å². The monoisotopic (exact) mass is 343 g/mol. The van der Waals surface area contributed by atoms with E-state index in [0.717, 1.165) is 17.4 Å². The van der Waals surface area contributed by atoms with Gasteiger partial charge >= 0.3 is 6.18 Å². The minimum absolute atomic E-state index is 0.0862. The van der Waals surface area contributed by atoms with Crippen LogP contribution in [0.2, 0.25) is 0 Å². The third-order valence-corrected chi connectivity index (χ3v) is 3.76. The van der Waals surface area contributed by atoms with E-state index in [1.807, 2.05) is 6.92 Å². The lowest BCUT2D eigenvalue weighted by atomic mass is 10.1. The van der Waals surface area contributed by atoms with Crippen LogP contribution in [0, 0.1) is 13.8 Å². The average molecular weight is 343 g/mol. The van der Waals surface area contributed by atoms with Crippen LogP contribution in [0.25, 0.3) is 5.78 Å². The van der Waals surface area contributed by atoms with Crippen LogP contribution in [0.15, 0.2) is 0 Å². The van der Waals surface area contributed by atoms with Crippen LogP contribution in [0.4, 0.5) is 13.2 Å². The highest BCUT2D eigenvalue weighted by Gasteiger charge is 2.36. The van der Waals surface area contributed by atoms with Gasteiger partial charge in [-0.25, -0.2) is 9.50 Å². The van der Waals surface area contributed by atoms with E-state index in [4.69, 9.17) is 0 Å². The van der Waals surface area contributed by atoms with Crippen molar-refractivity contribution >= 4 is 11.7 Å². The molecule has 0 radical (unpaired) electrons. The van der Waals surface area contributed by atoms with Crippen molar-refractivity contribution in [3.8, 4) is 0 Å². The van der Waals surface area contributed by atoms with Gasteiger partial charge in [-0.15, -0.1) is 5.10 Å². The van der Waals surface area contributed by atoms with Gasteiger partial charge in [0.05, 0.1) is 0 Å². The Morgan fingerprint density at radius 1 is 1.25 bits per heavy atom. The summed E-state index contributed by atoms with van der Waals surface area (Å²) < 4.78 is 39.3. The molecule has 2 aromatic heterocycles. The molecule has 0 unspecified atom stereocenters. The molecule has 0 aliphatic heterocycles. The van der Waals surface area contributed by atoms with Crippen LogP contribution in [-0.2, 0) is 17.4 Å². The maximum absolute atomic E-state index is 12.7. The fraction of sp³-hybridized carbons (Fsp3) is 0.600. The number of hydrogen-bond acceptors (Lipinski definition) is 4. The van der Waals surface area contributed by atoms with Gasteiger partial charge in [-0.2, -0.15) is 18.2 Å². The smallest absolute Gasteiger partial charge is 0.356 e. The summed E-state index contributed by atoms with van der Waals surface area (Å²) in [5.74, 6) is -1.39. The Morgan fingerprint density at radius 3 is 2.58 bits per heavy atom. The highest BCUT2D eigenvalue weighted by atomic mass is 19.4. The molecule has 2 aromatic rings. The van der Waals surface area contributed by atoms with Crippen molar-refractivity contribution in [1.29, 1.82) is 0 Å². The third-order valence-electron chi connectivity index (χ3n) is 3.76. The normalized spacial score (nSPS) is 11.9. The standard InChI is InChI=1S/C15H20F3N5O/c1-4-5-8-19-12(24)7-6-11-9(2)20-14-21-13(15(16,17)18)22-23(14)10(11)3/h4-8H2,1-3H3,(H,19,24). The number of amides is 1. The predicted octanol–water partition coefficient (Wildman–Crippen LogP) is 2.61. The number of nitrogens with zero attached hydrogens (tertiary/aromatic N) is 4. The Bertz CT molecular complexity index is 739. The van der Waals surface area contributed by atoms with Crippen molar-refractivity contribution in [2.45, 2.75) is 52.6 Å². The molecule has 2 heterocycles. The molecule has 1 N–H and O–H groups in total. The van der Waals surface area contributed by atoms with Gasteiger partial charge in [0.15, 0.2) is 0 Å². The molecule has 0 aromatic carbocycles. The predicted molar refractivity (Wildman–Crippen MR) is 81.5 cm³/mol. The zero-order chi connectivity index (χ0) is 17.9. The highest BCUT2D eigenvalue weighted by Crippen LogP contribution is 2.27. The minimum atomic E-state index is -4.62. The Labute approximate surface area is 137 Å². The van der Waals surface area contributed by atoms with Gasteiger partial charge in [-0.1, -0.05) is 13.3 Å². The molecule has 24 heavy (non-hydrogen) atoms. The Hall–Kier alpha value is -2.19. The largest absolute Gasteiger partial charge is 0.453 e. The first kappa shape index (κ1) is 18.2. The first-order valence-corrected chi connectivity index (χ1v) is 7.80. The quantitative estimate of drug-likeness (QED) is 0.819. The maximum atomic E-state index is 12.7. The Balaban J connectivity index is 2.20. The van der Waals surface area contributed by atoms with Gasteiger partial charge < -0.3 is 5.32 Å². The fourth-order valence-electron chi connectivity index (χ4n) is 2.42. The zero-order valence-electron chi connectivity index (χ0n) is 13.9. The summed E-state index contributed by atoms with van der Waals surface area (Å²) in [6, 6.07) is 0. The van der Waals surface area contributed by atoms with E-state index in [1.165, 1.54) is 0 Å². The molecule has 9 heteroatoms. The molecule has 0 bridgehead atoms. The molecule has 0 atom stereocenters. The topological polar surface area (TPSA) is 72.2 Å². The molecule has 0 saturated heterocycles. The lowest BCUT2D eigenvalue weighted by Crippen LogP contribution is -2.24. The minimum Gasteiger partial charge on any atom is -0.356 e. The molecule has 2 rings (SSSR count). The second-order valence-electron chi connectivity index (χ2n) is 5.61. The van der Waals surface area contributed by atoms with E-state index in [1.54, 1.807) is 13.8 Å². The molecule has 0 spiro atoms. The van der Waals surface area contributed by atoms with Gasteiger partial charge in [0, 0.05) is 24.4 Å². The van der Waals surface area contributed by atoms with E-state index in [0.29, 0.717) is 29.9 Å². The van der Waals surface area contributed by atoms with Crippen molar-refractivity contribution in [3.05, 3.63) is 22.8 Å². The number of carbonyl (C=O) groups excluding carboxylic acids is 1. The van der Waals surface area contributed by atoms with Crippen LogP contribution in [0.3, 0.4) is 0 Å². The average Bonchev–Trinajstić information content (AvgIpc) is 2.91. The SMILES string of the molecule is CCCCNC(=O)CCc1c(C)nc2nc(C(F)(F)F)nn2c1C. The zero-order valence-corrected chi connectivity index (χ0v) is 13.9. The van der Waals surface area contributed by atoms with Crippen LogP contribution in [0.5, 0.6) is 0 Å². The lowest BCUT2D eigenvalue weighted by Gasteiger charge is -2.10. The number of fused-ring (bicyclic) bond motifs is 1. The lowest BCUT2D eigenvalue weighted by molar-refractivity contribution is -0.144. The number of carbonyl (C=O) groups is 1. The summed E-state index contributed by atoms with van der Waals surface area (Å²) in [6.45, 7) is 6.01. The number of halogens is 3. The highest BCUT2D eigenvalue weighted by molar-refractivity contribution is 5.76. The van der Waals surface area contributed by atoms with Crippen molar-refractivity contribution in [2.24, 2.45) is 0 Å². The van der Waals surface area contributed by atoms with Crippen molar-refractivity contribution in [1.82, 2.24) is 24.9 Å². The van der Waals surface area contributed by atoms with Gasteiger partial charge in [0.1, 0.15) is 0 Å². The van der Waals surface area contributed by atoms with Gasteiger partial charge in [-0.3, -0.25) is 4.79 Å².